The molecule has 0 spiro atoms. The van der Waals surface area contributed by atoms with Crippen molar-refractivity contribution in [1.29, 1.82) is 0 Å². The van der Waals surface area contributed by atoms with Gasteiger partial charge in [0.15, 0.2) is 0 Å². The maximum absolute atomic E-state index is 13.8. The van der Waals surface area contributed by atoms with Gasteiger partial charge in [-0.15, -0.1) is 0 Å². The quantitative estimate of drug-likeness (QED) is 0.309. The van der Waals surface area contributed by atoms with Crippen LogP contribution in [0.5, 0.6) is 11.5 Å². The Balaban J connectivity index is 1.08. The van der Waals surface area contributed by atoms with Crippen molar-refractivity contribution in [1.82, 2.24) is 4.90 Å². The number of piperazine rings is 1. The van der Waals surface area contributed by atoms with Crippen LogP contribution in [0, 0.1) is 0 Å². The number of carbonyl (C=O) groups excluding carboxylic acids is 2. The Labute approximate surface area is 234 Å². The van der Waals surface area contributed by atoms with Gasteiger partial charge in [0.1, 0.15) is 11.5 Å². The van der Waals surface area contributed by atoms with E-state index in [1.165, 1.54) is 0 Å². The minimum absolute atomic E-state index is 0.109. The van der Waals surface area contributed by atoms with Crippen molar-refractivity contribution in [3.8, 4) is 11.5 Å². The lowest BCUT2D eigenvalue weighted by atomic mass is 9.86. The molecule has 6 rings (SSSR count). The van der Waals surface area contributed by atoms with E-state index in [1.807, 2.05) is 102 Å². The summed E-state index contributed by atoms with van der Waals surface area (Å²) in [4.78, 5) is 30.6. The van der Waals surface area contributed by atoms with Gasteiger partial charge in [0.2, 0.25) is 5.91 Å². The molecule has 0 atom stereocenters. The molecular formula is C33H32N4O3. The molecule has 0 unspecified atom stereocenters. The summed E-state index contributed by atoms with van der Waals surface area (Å²) in [5, 5.41) is 5.85. The lowest BCUT2D eigenvalue weighted by Gasteiger charge is -2.38. The number of carbonyl (C=O) groups is 2. The first-order chi connectivity index (χ1) is 19.6. The van der Waals surface area contributed by atoms with Crippen LogP contribution in [0.15, 0.2) is 97.1 Å². The highest BCUT2D eigenvalue weighted by molar-refractivity contribution is 6.00. The van der Waals surface area contributed by atoms with Crippen LogP contribution in [-0.4, -0.2) is 43.0 Å². The molecule has 4 aromatic carbocycles. The van der Waals surface area contributed by atoms with E-state index in [-0.39, 0.29) is 17.9 Å². The Morgan fingerprint density at radius 2 is 1.35 bits per heavy atom. The Bertz CT molecular complexity index is 1480. The first-order valence-electron chi connectivity index (χ1n) is 13.8. The van der Waals surface area contributed by atoms with Gasteiger partial charge in [-0.2, -0.15) is 0 Å². The van der Waals surface area contributed by atoms with Crippen LogP contribution >= 0.6 is 0 Å². The predicted molar refractivity (Wildman–Crippen MR) is 158 cm³/mol. The van der Waals surface area contributed by atoms with Crippen molar-refractivity contribution in [2.45, 2.75) is 19.3 Å². The van der Waals surface area contributed by atoms with Crippen LogP contribution in [0.2, 0.25) is 0 Å². The minimum Gasteiger partial charge on any atom is -0.457 e. The van der Waals surface area contributed by atoms with Gasteiger partial charge in [-0.25, -0.2) is 4.79 Å². The number of benzene rings is 4. The molecule has 0 aromatic heterocycles. The molecule has 0 radical (unpaired) electrons. The third-order valence-electron chi connectivity index (χ3n) is 7.66. The fourth-order valence-electron chi connectivity index (χ4n) is 5.53. The SMILES string of the molecule is CCc1ccccc1NC(=O)Nc1ccc(N2CCN(C(=O)C3c4ccccc4Oc4ccccc43)CC2)cc1. The Morgan fingerprint density at radius 3 is 2.00 bits per heavy atom. The van der Waals surface area contributed by atoms with Gasteiger partial charge in [-0.05, 0) is 54.4 Å². The summed E-state index contributed by atoms with van der Waals surface area (Å²) in [5.41, 5.74) is 5.53. The van der Waals surface area contributed by atoms with Crippen LogP contribution in [0.1, 0.15) is 29.5 Å². The second kappa shape index (κ2) is 11.1. The number of nitrogens with one attached hydrogen (secondary N) is 2. The number of amides is 3. The van der Waals surface area contributed by atoms with Crippen LogP contribution in [0.4, 0.5) is 21.9 Å². The van der Waals surface area contributed by atoms with E-state index in [4.69, 9.17) is 4.74 Å². The number of ether oxygens (including phenoxy) is 1. The molecule has 1 saturated heterocycles. The third-order valence-corrected chi connectivity index (χ3v) is 7.66. The number of aryl methyl sites for hydroxylation is 1. The number of nitrogens with zero attached hydrogens (tertiary/aromatic N) is 2. The van der Waals surface area contributed by atoms with Gasteiger partial charge in [0, 0.05) is 54.4 Å². The van der Waals surface area contributed by atoms with Gasteiger partial charge in [0.05, 0.1) is 5.92 Å². The molecule has 0 aliphatic carbocycles. The Hall–Kier alpha value is -4.78. The van der Waals surface area contributed by atoms with Crippen molar-refractivity contribution in [2.75, 3.05) is 41.7 Å². The van der Waals surface area contributed by atoms with Gasteiger partial charge in [-0.3, -0.25) is 4.79 Å². The molecule has 2 aliphatic rings. The van der Waals surface area contributed by atoms with E-state index in [0.717, 1.165) is 64.8 Å². The Kier molecular flexibility index (Phi) is 7.10. The summed E-state index contributed by atoms with van der Waals surface area (Å²) >= 11 is 0. The van der Waals surface area contributed by atoms with Crippen molar-refractivity contribution in [3.05, 3.63) is 114 Å². The smallest absolute Gasteiger partial charge is 0.323 e. The lowest BCUT2D eigenvalue weighted by Crippen LogP contribution is -2.50. The van der Waals surface area contributed by atoms with Crippen LogP contribution < -0.4 is 20.3 Å². The minimum atomic E-state index is -0.367. The van der Waals surface area contributed by atoms with Crippen molar-refractivity contribution in [3.63, 3.8) is 0 Å². The van der Waals surface area contributed by atoms with Crippen LogP contribution in [-0.2, 0) is 11.2 Å². The Morgan fingerprint density at radius 1 is 0.750 bits per heavy atom. The fourth-order valence-corrected chi connectivity index (χ4v) is 5.53. The first-order valence-corrected chi connectivity index (χ1v) is 13.8. The topological polar surface area (TPSA) is 73.9 Å². The lowest BCUT2D eigenvalue weighted by molar-refractivity contribution is -0.132. The van der Waals surface area contributed by atoms with E-state index in [0.29, 0.717) is 13.1 Å². The summed E-state index contributed by atoms with van der Waals surface area (Å²) in [5.74, 6) is 1.23. The molecule has 1 fully saturated rings. The van der Waals surface area contributed by atoms with Crippen LogP contribution in [0.25, 0.3) is 0 Å². The number of rotatable bonds is 5. The summed E-state index contributed by atoms with van der Waals surface area (Å²) in [7, 11) is 0. The zero-order valence-corrected chi connectivity index (χ0v) is 22.5. The molecule has 202 valence electrons. The number of para-hydroxylation sites is 3. The monoisotopic (exact) mass is 532 g/mol. The summed E-state index contributed by atoms with van der Waals surface area (Å²) in [6, 6.07) is 31.0. The highest BCUT2D eigenvalue weighted by Gasteiger charge is 2.36. The molecule has 0 bridgehead atoms. The zero-order valence-electron chi connectivity index (χ0n) is 22.5. The molecule has 7 heteroatoms. The normalized spacial score (nSPS) is 14.5. The largest absolute Gasteiger partial charge is 0.457 e. The fraction of sp³-hybridized carbons (Fsp3) is 0.212. The standard InChI is InChI=1S/C33H32N4O3/c1-2-23-9-3-6-12-28(23)35-33(39)34-24-15-17-25(18-16-24)36-19-21-37(22-20-36)32(38)31-26-10-4-7-13-29(26)40-30-14-8-5-11-27(30)31/h3-18,31H,2,19-22H2,1H3,(H2,34,35,39). The van der Waals surface area contributed by atoms with Gasteiger partial charge in [0.25, 0.3) is 0 Å². The number of fused-ring (bicyclic) bond motifs is 2. The summed E-state index contributed by atoms with van der Waals surface area (Å²) in [6.07, 6.45) is 0.847. The maximum Gasteiger partial charge on any atom is 0.323 e. The third kappa shape index (κ3) is 5.10. The van der Waals surface area contributed by atoms with Crippen molar-refractivity contribution in [2.24, 2.45) is 0 Å². The van der Waals surface area contributed by atoms with Gasteiger partial charge < -0.3 is 25.2 Å². The molecule has 2 N–H and O–H groups in total. The molecule has 4 aromatic rings. The van der Waals surface area contributed by atoms with E-state index in [2.05, 4.69) is 22.5 Å². The number of urea groups is 1. The maximum atomic E-state index is 13.8. The number of anilines is 3. The molecular weight excluding hydrogens is 500 g/mol. The highest BCUT2D eigenvalue weighted by atomic mass is 16.5. The first kappa shape index (κ1) is 25.5. The van der Waals surface area contributed by atoms with Gasteiger partial charge in [-0.1, -0.05) is 61.5 Å². The van der Waals surface area contributed by atoms with E-state index >= 15 is 0 Å². The molecule has 40 heavy (non-hydrogen) atoms. The predicted octanol–water partition coefficient (Wildman–Crippen LogP) is 6.48. The number of hydrogen-bond donors (Lipinski definition) is 2. The summed E-state index contributed by atoms with van der Waals surface area (Å²) in [6.45, 7) is 4.81. The molecule has 2 aliphatic heterocycles. The molecule has 7 nitrogen and oxygen atoms in total. The van der Waals surface area contributed by atoms with Crippen molar-refractivity contribution >= 4 is 29.0 Å². The van der Waals surface area contributed by atoms with Crippen molar-refractivity contribution < 1.29 is 14.3 Å². The second-order valence-electron chi connectivity index (χ2n) is 10.1. The average Bonchev–Trinajstić information content (AvgIpc) is 3.00. The molecule has 3 amide bonds. The number of hydrogen-bond acceptors (Lipinski definition) is 4. The van der Waals surface area contributed by atoms with E-state index in [1.54, 1.807) is 0 Å². The molecule has 2 heterocycles. The summed E-state index contributed by atoms with van der Waals surface area (Å²) < 4.78 is 6.08. The second-order valence-corrected chi connectivity index (χ2v) is 10.1. The van der Waals surface area contributed by atoms with Gasteiger partial charge >= 0.3 is 6.03 Å². The van der Waals surface area contributed by atoms with E-state index < -0.39 is 0 Å². The highest BCUT2D eigenvalue weighted by Crippen LogP contribution is 2.44. The van der Waals surface area contributed by atoms with Crippen LogP contribution in [0.3, 0.4) is 0 Å². The van der Waals surface area contributed by atoms with E-state index in [9.17, 15) is 9.59 Å². The average molecular weight is 533 g/mol. The zero-order chi connectivity index (χ0) is 27.5. The molecule has 0 saturated carbocycles.